The van der Waals surface area contributed by atoms with Crippen molar-refractivity contribution in [3.05, 3.63) is 20.9 Å². The number of carbonyl (C=O) groups excluding carboxylic acids is 1. The molecule has 2 aliphatic rings. The number of amides is 1. The highest BCUT2D eigenvalue weighted by Gasteiger charge is 2.51. The first-order chi connectivity index (χ1) is 17.2. The number of carboxylic acid groups (broad SMARTS) is 1. The van der Waals surface area contributed by atoms with E-state index in [1.807, 2.05) is 0 Å². The van der Waals surface area contributed by atoms with Crippen LogP contribution in [0.15, 0.2) is 10.2 Å². The van der Waals surface area contributed by atoms with Crippen molar-refractivity contribution in [2.75, 3.05) is 13.1 Å². The molecule has 0 bridgehead atoms. The number of nitrogens with zero attached hydrogens (tertiary/aromatic N) is 6. The molecule has 2 heterocycles. The molecule has 0 radical (unpaired) electrons. The Labute approximate surface area is 212 Å². The molecule has 7 N–H and O–H groups in total. The summed E-state index contributed by atoms with van der Waals surface area (Å²) < 4.78 is 10.4. The third kappa shape index (κ3) is 8.67. The molecule has 0 aromatic heterocycles. The van der Waals surface area contributed by atoms with Crippen LogP contribution in [0, 0.1) is 17.8 Å². The fourth-order valence-electron chi connectivity index (χ4n) is 4.12. The van der Waals surface area contributed by atoms with E-state index in [-0.39, 0.29) is 24.9 Å². The summed E-state index contributed by atoms with van der Waals surface area (Å²) in [5, 5.41) is 67.2. The van der Waals surface area contributed by atoms with Gasteiger partial charge >= 0.3 is 5.97 Å². The van der Waals surface area contributed by atoms with Crippen molar-refractivity contribution in [2.24, 2.45) is 28.0 Å². The zero-order valence-corrected chi connectivity index (χ0v) is 20.9. The van der Waals surface area contributed by atoms with E-state index in [4.69, 9.17) is 25.6 Å². The van der Waals surface area contributed by atoms with Crippen LogP contribution in [0.25, 0.3) is 20.9 Å². The monoisotopic (exact) mass is 533 g/mol. The Hall–Kier alpha value is -2.72. The van der Waals surface area contributed by atoms with E-state index in [9.17, 15) is 35.1 Å². The van der Waals surface area contributed by atoms with Crippen LogP contribution < -0.4 is 5.32 Å². The molecule has 2 saturated heterocycles. The second kappa shape index (κ2) is 14.3. The van der Waals surface area contributed by atoms with E-state index >= 15 is 0 Å². The molecule has 11 atom stereocenters. The summed E-state index contributed by atoms with van der Waals surface area (Å²) in [7, 11) is 0. The van der Waals surface area contributed by atoms with E-state index in [1.165, 1.54) is 6.92 Å². The number of aliphatic hydroxyl groups is 5. The Morgan fingerprint density at radius 3 is 2.27 bits per heavy atom. The van der Waals surface area contributed by atoms with Gasteiger partial charge in [-0.05, 0) is 11.1 Å². The van der Waals surface area contributed by atoms with Crippen LogP contribution in [0.5, 0.6) is 0 Å². The van der Waals surface area contributed by atoms with Gasteiger partial charge in [0.15, 0.2) is 6.29 Å². The molecule has 0 aromatic rings. The van der Waals surface area contributed by atoms with Crippen LogP contribution in [0.2, 0.25) is 0 Å². The number of aliphatic carboxylic acids is 1. The fraction of sp³-hybridized carbons (Fsp3) is 0.900. The minimum absolute atomic E-state index is 0.0264. The van der Waals surface area contributed by atoms with Crippen LogP contribution in [0.1, 0.15) is 34.1 Å². The zero-order chi connectivity index (χ0) is 28.5. The maximum absolute atomic E-state index is 11.0. The van der Waals surface area contributed by atoms with Crippen molar-refractivity contribution in [2.45, 2.75) is 82.8 Å². The van der Waals surface area contributed by atoms with Crippen LogP contribution in [-0.2, 0) is 19.1 Å². The van der Waals surface area contributed by atoms with Gasteiger partial charge in [0, 0.05) is 40.9 Å². The minimum atomic E-state index is -2.48. The summed E-state index contributed by atoms with van der Waals surface area (Å²) in [6.45, 7) is 6.01. The van der Waals surface area contributed by atoms with Gasteiger partial charge in [-0.25, -0.2) is 4.79 Å². The molecule has 4 unspecified atom stereocenters. The van der Waals surface area contributed by atoms with E-state index in [0.29, 0.717) is 0 Å². The number of aliphatic hydroxyl groups excluding tert-OH is 4. The number of ether oxygens (including phenoxy) is 2. The Morgan fingerprint density at radius 2 is 1.76 bits per heavy atom. The maximum Gasteiger partial charge on any atom is 0.364 e. The number of hydrogen-bond donors (Lipinski definition) is 7. The fourth-order valence-corrected chi connectivity index (χ4v) is 4.12. The van der Waals surface area contributed by atoms with Crippen molar-refractivity contribution >= 4 is 11.9 Å². The molecule has 0 saturated carbocycles. The summed E-state index contributed by atoms with van der Waals surface area (Å²) in [5.74, 6) is -5.91. The molecule has 2 fully saturated rings. The van der Waals surface area contributed by atoms with E-state index in [2.05, 4.69) is 25.4 Å². The number of rotatable bonds is 8. The molecule has 1 amide bonds. The molecular formula is C20H35N7O10. The SMILES string of the molecule is CC(=O)NC1C(O)OC(CN=[N+]=[N-])[C@@H](C)[C@@H]1O.C[C@@H](C1O[C@](O)(C(=O)O)C[C@H](O)[C@H]1C)[C@H](O)CN=[N+]=[N-]. The molecule has 17 heteroatoms. The van der Waals surface area contributed by atoms with Gasteiger partial charge < -0.3 is 45.4 Å². The third-order valence-electron chi connectivity index (χ3n) is 6.54. The first-order valence-corrected chi connectivity index (χ1v) is 11.5. The van der Waals surface area contributed by atoms with Crippen molar-refractivity contribution < 1.29 is 49.7 Å². The van der Waals surface area contributed by atoms with E-state index in [0.717, 1.165) is 0 Å². The topological polar surface area (TPSA) is 284 Å². The second-order valence-electron chi connectivity index (χ2n) is 9.20. The summed E-state index contributed by atoms with van der Waals surface area (Å²) >= 11 is 0. The lowest BCUT2D eigenvalue weighted by Crippen LogP contribution is -2.60. The number of azide groups is 2. The van der Waals surface area contributed by atoms with Gasteiger partial charge in [0.2, 0.25) is 5.91 Å². The highest BCUT2D eigenvalue weighted by atomic mass is 16.7. The standard InChI is InChI=1S/C11H19N3O6.C9H16N4O4/c1-5-7(15)3-11(19,10(17)18)20-9(5)6(2)8(16)4-13-14-12;1-4-6(3-11-13-10)17-9(16)7(8(4)15)12-5(2)14/h5-9,15-16,19H,3-4H2,1-2H3,(H,17,18);4,6-9,15-16H,3H2,1-2H3,(H,12,14)/t5-,6-,7+,8-,9?,11+;4-,6?,7?,8+,9?/m11/s1. The summed E-state index contributed by atoms with van der Waals surface area (Å²) in [5.41, 5.74) is 16.4. The number of carbonyl (C=O) groups is 2. The summed E-state index contributed by atoms with van der Waals surface area (Å²) in [6, 6.07) is -0.871. The highest BCUT2D eigenvalue weighted by molar-refractivity contribution is 5.75. The van der Waals surface area contributed by atoms with Crippen molar-refractivity contribution in [1.29, 1.82) is 0 Å². The van der Waals surface area contributed by atoms with Crippen LogP contribution in [0.3, 0.4) is 0 Å². The first-order valence-electron chi connectivity index (χ1n) is 11.5. The van der Waals surface area contributed by atoms with Crippen LogP contribution in [0.4, 0.5) is 0 Å². The quantitative estimate of drug-likeness (QED) is 0.118. The molecule has 0 aliphatic carbocycles. The Morgan fingerprint density at radius 1 is 1.16 bits per heavy atom. The van der Waals surface area contributed by atoms with Gasteiger partial charge in [-0.1, -0.05) is 31.0 Å². The van der Waals surface area contributed by atoms with Crippen LogP contribution >= 0.6 is 0 Å². The Kier molecular flexibility index (Phi) is 12.5. The second-order valence-corrected chi connectivity index (χ2v) is 9.20. The Bertz CT molecular complexity index is 884. The molecule has 17 nitrogen and oxygen atoms in total. The molecule has 2 rings (SSSR count). The number of hydrogen-bond acceptors (Lipinski definition) is 11. The smallest absolute Gasteiger partial charge is 0.364 e. The summed E-state index contributed by atoms with van der Waals surface area (Å²) in [4.78, 5) is 27.1. The van der Waals surface area contributed by atoms with Crippen molar-refractivity contribution in [3.8, 4) is 0 Å². The molecular weight excluding hydrogens is 498 g/mol. The van der Waals surface area contributed by atoms with Gasteiger partial charge in [0.1, 0.15) is 6.04 Å². The van der Waals surface area contributed by atoms with E-state index in [1.54, 1.807) is 20.8 Å². The van der Waals surface area contributed by atoms with Gasteiger partial charge in [-0.15, -0.1) is 0 Å². The largest absolute Gasteiger partial charge is 0.477 e. The third-order valence-corrected chi connectivity index (χ3v) is 6.54. The average Bonchev–Trinajstić information content (AvgIpc) is 2.83. The normalized spacial score (nSPS) is 36.9. The van der Waals surface area contributed by atoms with Crippen molar-refractivity contribution in [1.82, 2.24) is 5.32 Å². The molecule has 37 heavy (non-hydrogen) atoms. The molecule has 0 aromatic carbocycles. The van der Waals surface area contributed by atoms with Crippen molar-refractivity contribution in [3.63, 3.8) is 0 Å². The van der Waals surface area contributed by atoms with Gasteiger partial charge in [-0.3, -0.25) is 4.79 Å². The molecule has 0 spiro atoms. The van der Waals surface area contributed by atoms with E-state index < -0.39 is 72.9 Å². The predicted molar refractivity (Wildman–Crippen MR) is 124 cm³/mol. The highest BCUT2D eigenvalue weighted by Crippen LogP contribution is 2.36. The van der Waals surface area contributed by atoms with Gasteiger partial charge in [0.25, 0.3) is 5.79 Å². The molecule has 210 valence electrons. The maximum atomic E-state index is 11.0. The van der Waals surface area contributed by atoms with Crippen LogP contribution in [-0.4, -0.2) is 104 Å². The van der Waals surface area contributed by atoms with Gasteiger partial charge in [-0.2, -0.15) is 0 Å². The first kappa shape index (κ1) is 32.3. The minimum Gasteiger partial charge on any atom is -0.477 e. The lowest BCUT2D eigenvalue weighted by molar-refractivity contribution is -0.294. The average molecular weight is 534 g/mol. The zero-order valence-electron chi connectivity index (χ0n) is 20.9. The lowest BCUT2D eigenvalue weighted by atomic mass is 9.81. The Balaban J connectivity index is 0.000000375. The van der Waals surface area contributed by atoms with Gasteiger partial charge in [0.05, 0.1) is 43.6 Å². The lowest BCUT2D eigenvalue weighted by Gasteiger charge is -2.44. The molecule has 2 aliphatic heterocycles. The summed E-state index contributed by atoms with van der Waals surface area (Å²) in [6.07, 6.45) is -6.32. The number of carboxylic acids is 1. The number of nitrogens with one attached hydrogen (secondary N) is 1. The predicted octanol–water partition coefficient (Wildman–Crippen LogP) is -0.632.